The maximum absolute atomic E-state index is 14.2. The number of phenols is 3. The number of benzene rings is 3. The summed E-state index contributed by atoms with van der Waals surface area (Å²) in [6.07, 6.45) is 1.95. The normalized spacial score (nSPS) is 18.2. The van der Waals surface area contributed by atoms with Crippen LogP contribution in [0.4, 0.5) is 0 Å². The van der Waals surface area contributed by atoms with Crippen molar-refractivity contribution in [3.05, 3.63) is 107 Å². The smallest absolute Gasteiger partial charge is 0.260 e. The lowest BCUT2D eigenvalue weighted by Gasteiger charge is -2.23. The number of fused-ring (bicyclic) bond motifs is 5. The van der Waals surface area contributed by atoms with Gasteiger partial charge in [0.05, 0.1) is 46.7 Å². The lowest BCUT2D eigenvalue weighted by Crippen LogP contribution is -2.36. The van der Waals surface area contributed by atoms with Crippen LogP contribution in [0.1, 0.15) is 70.2 Å². The number of Topliss-reactive ketones (excluding diaryl/α,β-unsaturated/α-hetero) is 3. The van der Waals surface area contributed by atoms with E-state index >= 15 is 0 Å². The molecule has 0 radical (unpaired) electrons. The van der Waals surface area contributed by atoms with Crippen molar-refractivity contribution in [3.8, 4) is 17.2 Å². The van der Waals surface area contributed by atoms with Crippen LogP contribution in [0.5, 0.6) is 17.2 Å². The zero-order chi connectivity index (χ0) is 33.5. The number of aromatic hydroxyl groups is 3. The first-order valence-corrected chi connectivity index (χ1v) is 15.2. The van der Waals surface area contributed by atoms with E-state index in [1.54, 1.807) is 24.3 Å². The fraction of sp³-hybridized carbons (Fsp3) is 0.152. The molecule has 7 rings (SSSR count). The second-order valence-electron chi connectivity index (χ2n) is 11.2. The van der Waals surface area contributed by atoms with Crippen LogP contribution >= 0.6 is 27.5 Å². The average molecular weight is 720 g/mol. The van der Waals surface area contributed by atoms with Crippen LogP contribution in [-0.4, -0.2) is 56.8 Å². The minimum atomic E-state index is -2.16. The van der Waals surface area contributed by atoms with E-state index in [2.05, 4.69) is 26.1 Å². The van der Waals surface area contributed by atoms with Crippen molar-refractivity contribution in [2.45, 2.75) is 24.9 Å². The predicted octanol–water partition coefficient (Wildman–Crippen LogP) is 4.78. The van der Waals surface area contributed by atoms with Crippen molar-refractivity contribution in [2.75, 3.05) is 7.11 Å². The summed E-state index contributed by atoms with van der Waals surface area (Å²) in [5, 5.41) is 38.5. The van der Waals surface area contributed by atoms with E-state index in [1.807, 2.05) is 0 Å². The number of ketones is 4. The van der Waals surface area contributed by atoms with E-state index in [9.17, 15) is 39.3 Å². The van der Waals surface area contributed by atoms with Crippen LogP contribution in [-0.2, 0) is 28.0 Å². The Morgan fingerprint density at radius 3 is 2.30 bits per heavy atom. The number of phenolic OH excluding ortho intramolecular Hbond substituents is 3. The van der Waals surface area contributed by atoms with Gasteiger partial charge >= 0.3 is 0 Å². The maximum Gasteiger partial charge on any atom is 0.260 e. The molecule has 3 aliphatic rings. The third-order valence-corrected chi connectivity index (χ3v) is 9.93. The number of hydrogen-bond donors (Lipinski definition) is 4. The zero-order valence-corrected chi connectivity index (χ0v) is 26.4. The molecule has 0 bridgehead atoms. The molecule has 3 aliphatic carbocycles. The van der Waals surface area contributed by atoms with Crippen molar-refractivity contribution in [3.63, 3.8) is 0 Å². The number of ether oxygens (including phenoxy) is 1. The van der Waals surface area contributed by atoms with Gasteiger partial charge < -0.3 is 29.9 Å². The summed E-state index contributed by atoms with van der Waals surface area (Å²) in [6, 6.07) is 8.48. The van der Waals surface area contributed by atoms with Gasteiger partial charge in [-0.15, -0.1) is 0 Å². The summed E-state index contributed by atoms with van der Waals surface area (Å²) in [6.45, 7) is 0.135. The summed E-state index contributed by atoms with van der Waals surface area (Å²) in [4.78, 5) is 75.5. The standard InChI is InChI=1S/C33H20BrClN2O10/c1-46-18-9-17(38)20-21(26(18)39)28(41)23-22(27(20)40)30(43)33(31(23)44)7-6-15-24(33)29(42)19-16(25(15)34)8-14(37-32(19)45)10-36-47-11-12-2-4-13(35)5-3-12/h2-5,8-10,40-42H,6-7,11H2,1H3,(H,37,45)/t33-/m0/s1. The fourth-order valence-corrected chi connectivity index (χ4v) is 7.49. The lowest BCUT2D eigenvalue weighted by atomic mass is 9.76. The molecule has 47 heavy (non-hydrogen) atoms. The first-order valence-electron chi connectivity index (χ1n) is 14.0. The third-order valence-electron chi connectivity index (χ3n) is 8.77. The molecule has 1 heterocycles. The molecule has 0 aliphatic heterocycles. The lowest BCUT2D eigenvalue weighted by molar-refractivity contribution is 0.0790. The Morgan fingerprint density at radius 1 is 0.979 bits per heavy atom. The number of nitrogens with zero attached hydrogens (tertiary/aromatic N) is 1. The zero-order valence-electron chi connectivity index (χ0n) is 24.1. The fourth-order valence-electron chi connectivity index (χ4n) is 6.66. The van der Waals surface area contributed by atoms with E-state index in [1.165, 1.54) is 12.3 Å². The molecule has 0 unspecified atom stereocenters. The summed E-state index contributed by atoms with van der Waals surface area (Å²) < 4.78 is 5.25. The number of halogens is 2. The minimum Gasteiger partial charge on any atom is -0.507 e. The Morgan fingerprint density at radius 2 is 1.64 bits per heavy atom. The molecule has 1 atom stereocenters. The number of aromatic amines is 1. The first kappa shape index (κ1) is 30.4. The first-order chi connectivity index (χ1) is 22.4. The number of hydrogen-bond acceptors (Lipinski definition) is 11. The molecule has 14 heteroatoms. The van der Waals surface area contributed by atoms with Crippen LogP contribution in [0, 0.1) is 0 Å². The van der Waals surface area contributed by atoms with E-state index < -0.39 is 79.4 Å². The maximum atomic E-state index is 14.2. The molecular weight excluding hydrogens is 700 g/mol. The van der Waals surface area contributed by atoms with Crippen molar-refractivity contribution in [1.82, 2.24) is 4.98 Å². The van der Waals surface area contributed by atoms with Gasteiger partial charge in [0, 0.05) is 26.5 Å². The van der Waals surface area contributed by atoms with Gasteiger partial charge in [0.25, 0.3) is 5.56 Å². The van der Waals surface area contributed by atoms with Gasteiger partial charge in [-0.25, -0.2) is 0 Å². The van der Waals surface area contributed by atoms with Crippen molar-refractivity contribution in [1.29, 1.82) is 0 Å². The topological polar surface area (TPSA) is 193 Å². The number of carbonyl (C=O) groups excluding carboxylic acids is 4. The minimum absolute atomic E-state index is 0.0692. The molecule has 0 fully saturated rings. The molecule has 236 valence electrons. The second kappa shape index (κ2) is 10.6. The highest BCUT2D eigenvalue weighted by atomic mass is 79.9. The van der Waals surface area contributed by atoms with Crippen LogP contribution < -0.4 is 5.56 Å². The van der Waals surface area contributed by atoms with E-state index in [0.717, 1.165) is 18.7 Å². The molecule has 1 spiro atoms. The van der Waals surface area contributed by atoms with Crippen LogP contribution in [0.25, 0.3) is 10.8 Å². The van der Waals surface area contributed by atoms with Crippen molar-refractivity contribution < 1.29 is 44.1 Å². The van der Waals surface area contributed by atoms with Crippen LogP contribution in [0.15, 0.2) is 56.6 Å². The van der Waals surface area contributed by atoms with E-state index in [-0.39, 0.29) is 41.5 Å². The summed E-state index contributed by atoms with van der Waals surface area (Å²) in [5.74, 6) is -6.86. The molecule has 4 aromatic rings. The van der Waals surface area contributed by atoms with Gasteiger partial charge in [-0.1, -0.05) is 28.9 Å². The number of pyridine rings is 1. The summed E-state index contributed by atoms with van der Waals surface area (Å²) in [7, 11) is 1.13. The highest BCUT2D eigenvalue weighted by Gasteiger charge is 2.62. The largest absolute Gasteiger partial charge is 0.507 e. The second-order valence-corrected chi connectivity index (χ2v) is 12.4. The highest BCUT2D eigenvalue weighted by molar-refractivity contribution is 9.10. The molecule has 12 nitrogen and oxygen atoms in total. The quantitative estimate of drug-likeness (QED) is 0.0966. The number of oxime groups is 1. The Balaban J connectivity index is 1.33. The number of aromatic nitrogens is 1. The van der Waals surface area contributed by atoms with Gasteiger partial charge in [-0.2, -0.15) is 0 Å². The van der Waals surface area contributed by atoms with Gasteiger partial charge in [-0.3, -0.25) is 24.0 Å². The van der Waals surface area contributed by atoms with Gasteiger partial charge in [0.1, 0.15) is 29.3 Å². The Hall–Kier alpha value is -5.27. The van der Waals surface area contributed by atoms with Gasteiger partial charge in [-0.05, 0) is 58.1 Å². The van der Waals surface area contributed by atoms with Crippen molar-refractivity contribution in [2.24, 2.45) is 5.16 Å². The molecule has 0 saturated heterocycles. The van der Waals surface area contributed by atoms with E-state index in [0.29, 0.717) is 15.1 Å². The molecule has 0 saturated carbocycles. The number of carbonyl (C=O) groups is 4. The highest BCUT2D eigenvalue weighted by Crippen LogP contribution is 2.58. The Kier molecular flexibility index (Phi) is 6.88. The number of methoxy groups -OCH3 is 1. The molecule has 1 aromatic heterocycles. The number of nitrogens with one attached hydrogen (secondary N) is 1. The Bertz CT molecular complexity index is 2290. The summed E-state index contributed by atoms with van der Waals surface area (Å²) in [5.41, 5.74) is -4.35. The van der Waals surface area contributed by atoms with Gasteiger partial charge in [0.15, 0.2) is 23.1 Å². The molecule has 4 N–H and O–H groups in total. The number of H-pyrrole nitrogens is 1. The third kappa shape index (κ3) is 4.12. The van der Waals surface area contributed by atoms with Crippen LogP contribution in [0.3, 0.4) is 0 Å². The molecular formula is C33H20BrClN2O10. The van der Waals surface area contributed by atoms with Gasteiger partial charge in [0.2, 0.25) is 5.78 Å². The number of allylic oxidation sites excluding steroid dienone is 2. The van der Waals surface area contributed by atoms with Crippen LogP contribution in [0.2, 0.25) is 5.02 Å². The van der Waals surface area contributed by atoms with Crippen molar-refractivity contribution >= 4 is 67.7 Å². The monoisotopic (exact) mass is 718 g/mol. The molecule has 3 aromatic carbocycles. The summed E-state index contributed by atoms with van der Waals surface area (Å²) >= 11 is 9.38. The molecule has 0 amide bonds. The SMILES string of the molecule is COC1=CC(=O)c2c(O)c3c(c(O)c2C1=O)C(=O)[C@]1(CCc2c1c(O)c1c(=O)[nH]c(C=NOCc4ccc(Cl)cc4)cc1c2Br)C3=O. The number of rotatable bonds is 5. The Labute approximate surface area is 277 Å². The predicted molar refractivity (Wildman–Crippen MR) is 170 cm³/mol. The average Bonchev–Trinajstić information content (AvgIpc) is 3.55. The van der Waals surface area contributed by atoms with E-state index in [4.69, 9.17) is 21.2 Å².